The summed E-state index contributed by atoms with van der Waals surface area (Å²) in [6.07, 6.45) is 5.89. The van der Waals surface area contributed by atoms with Gasteiger partial charge in [0.15, 0.2) is 0 Å². The highest BCUT2D eigenvalue weighted by Crippen LogP contribution is 2.20. The standard InChI is InChI=1S/C26H27N9O/c1-2-22-30-25(31-23-18-19(8-13-28-23)24(36)29-20-6-4-3-5-7-20)33-26(32-22)35-16-14-34(15-17-35)21-9-11-27-12-10-21/h3-13,18H,2,14-17H2,1H3,(H,29,36)(H,28,30,31,32,33). The number of anilines is 5. The first kappa shape index (κ1) is 23.2. The summed E-state index contributed by atoms with van der Waals surface area (Å²) in [7, 11) is 0. The van der Waals surface area contributed by atoms with Gasteiger partial charge in [0.25, 0.3) is 5.91 Å². The van der Waals surface area contributed by atoms with Gasteiger partial charge in [-0.2, -0.15) is 15.0 Å². The van der Waals surface area contributed by atoms with Crippen LogP contribution in [-0.4, -0.2) is 57.0 Å². The SMILES string of the molecule is CCc1nc(Nc2cc(C(=O)Nc3ccccc3)ccn2)nc(N2CCN(c3ccncc3)CC2)n1. The Morgan fingerprint density at radius 3 is 2.39 bits per heavy atom. The van der Waals surface area contributed by atoms with E-state index in [2.05, 4.69) is 45.4 Å². The van der Waals surface area contributed by atoms with E-state index in [1.165, 1.54) is 5.69 Å². The van der Waals surface area contributed by atoms with Crippen LogP contribution >= 0.6 is 0 Å². The van der Waals surface area contributed by atoms with Gasteiger partial charge < -0.3 is 20.4 Å². The van der Waals surface area contributed by atoms with E-state index in [0.29, 0.717) is 35.5 Å². The van der Waals surface area contributed by atoms with Crippen LogP contribution in [0.15, 0.2) is 73.2 Å². The van der Waals surface area contributed by atoms with E-state index in [4.69, 9.17) is 0 Å². The lowest BCUT2D eigenvalue weighted by Gasteiger charge is -2.36. The van der Waals surface area contributed by atoms with Crippen LogP contribution in [0.25, 0.3) is 0 Å². The Morgan fingerprint density at radius 2 is 1.64 bits per heavy atom. The average molecular weight is 482 g/mol. The minimum atomic E-state index is -0.218. The molecule has 10 heteroatoms. The number of nitrogens with zero attached hydrogens (tertiary/aromatic N) is 7. The average Bonchev–Trinajstić information content (AvgIpc) is 2.94. The molecular formula is C26H27N9O. The summed E-state index contributed by atoms with van der Waals surface area (Å²) in [5, 5.41) is 6.04. The Kier molecular flexibility index (Phi) is 6.93. The van der Waals surface area contributed by atoms with Crippen LogP contribution in [-0.2, 0) is 6.42 Å². The molecule has 182 valence electrons. The van der Waals surface area contributed by atoms with Crippen LogP contribution in [0.4, 0.5) is 29.1 Å². The quantitative estimate of drug-likeness (QED) is 0.409. The van der Waals surface area contributed by atoms with Crippen LogP contribution in [0.2, 0.25) is 0 Å². The molecule has 0 radical (unpaired) electrons. The van der Waals surface area contributed by atoms with Gasteiger partial charge in [-0.15, -0.1) is 0 Å². The summed E-state index contributed by atoms with van der Waals surface area (Å²) < 4.78 is 0. The van der Waals surface area contributed by atoms with Gasteiger partial charge in [-0.05, 0) is 36.4 Å². The lowest BCUT2D eigenvalue weighted by molar-refractivity contribution is 0.102. The summed E-state index contributed by atoms with van der Waals surface area (Å²) in [5.74, 6) is 2.00. The van der Waals surface area contributed by atoms with Crippen molar-refractivity contribution < 1.29 is 4.79 Å². The van der Waals surface area contributed by atoms with Gasteiger partial charge in [0.1, 0.15) is 11.6 Å². The molecule has 0 bridgehead atoms. The molecule has 0 saturated carbocycles. The number of amides is 1. The smallest absolute Gasteiger partial charge is 0.255 e. The lowest BCUT2D eigenvalue weighted by Crippen LogP contribution is -2.47. The molecule has 1 saturated heterocycles. The van der Waals surface area contributed by atoms with Gasteiger partial charge >= 0.3 is 0 Å². The fourth-order valence-electron chi connectivity index (χ4n) is 3.96. The molecule has 2 N–H and O–H groups in total. The fourth-order valence-corrected chi connectivity index (χ4v) is 3.96. The fraction of sp³-hybridized carbons (Fsp3) is 0.231. The molecule has 1 amide bonds. The molecule has 5 rings (SSSR count). The second kappa shape index (κ2) is 10.8. The normalized spacial score (nSPS) is 13.4. The Labute approximate surface area is 209 Å². The highest BCUT2D eigenvalue weighted by atomic mass is 16.1. The van der Waals surface area contributed by atoms with Gasteiger partial charge in [0.05, 0.1) is 0 Å². The predicted octanol–water partition coefficient (Wildman–Crippen LogP) is 3.55. The number of para-hydroxylation sites is 1. The number of pyridine rings is 2. The molecule has 4 heterocycles. The van der Waals surface area contributed by atoms with E-state index in [0.717, 1.165) is 31.9 Å². The first-order valence-corrected chi connectivity index (χ1v) is 11.9. The Bertz CT molecular complexity index is 1310. The third-order valence-electron chi connectivity index (χ3n) is 5.87. The van der Waals surface area contributed by atoms with Crippen molar-refractivity contribution in [2.24, 2.45) is 0 Å². The predicted molar refractivity (Wildman–Crippen MR) is 140 cm³/mol. The molecule has 3 aromatic heterocycles. The number of piperazine rings is 1. The molecule has 4 aromatic rings. The van der Waals surface area contributed by atoms with Gasteiger partial charge in [-0.1, -0.05) is 25.1 Å². The number of nitrogens with one attached hydrogen (secondary N) is 2. The van der Waals surface area contributed by atoms with Gasteiger partial charge in [0.2, 0.25) is 11.9 Å². The Hall–Kier alpha value is -4.60. The summed E-state index contributed by atoms with van der Waals surface area (Å²) in [6.45, 7) is 5.32. The third-order valence-corrected chi connectivity index (χ3v) is 5.87. The lowest BCUT2D eigenvalue weighted by atomic mass is 10.2. The molecule has 36 heavy (non-hydrogen) atoms. The van der Waals surface area contributed by atoms with Crippen LogP contribution in [0.1, 0.15) is 23.1 Å². The first-order chi connectivity index (χ1) is 17.7. The van der Waals surface area contributed by atoms with Gasteiger partial charge in [-0.3, -0.25) is 9.78 Å². The molecule has 1 aliphatic rings. The van der Waals surface area contributed by atoms with Crippen molar-refractivity contribution >= 4 is 35.0 Å². The molecule has 1 fully saturated rings. The molecule has 1 aromatic carbocycles. The van der Waals surface area contributed by atoms with Crippen LogP contribution in [0.3, 0.4) is 0 Å². The van der Waals surface area contributed by atoms with Crippen molar-refractivity contribution in [2.75, 3.05) is 46.6 Å². The molecule has 0 spiro atoms. The number of hydrogen-bond acceptors (Lipinski definition) is 9. The van der Waals surface area contributed by atoms with Crippen molar-refractivity contribution in [1.29, 1.82) is 0 Å². The molecule has 10 nitrogen and oxygen atoms in total. The van der Waals surface area contributed by atoms with Crippen molar-refractivity contribution in [1.82, 2.24) is 24.9 Å². The Balaban J connectivity index is 1.29. The van der Waals surface area contributed by atoms with E-state index < -0.39 is 0 Å². The van der Waals surface area contributed by atoms with E-state index in [1.54, 1.807) is 18.3 Å². The first-order valence-electron chi connectivity index (χ1n) is 11.9. The molecule has 0 atom stereocenters. The highest BCUT2D eigenvalue weighted by Gasteiger charge is 2.21. The summed E-state index contributed by atoms with van der Waals surface area (Å²) in [4.78, 5) is 39.5. The maximum Gasteiger partial charge on any atom is 0.255 e. The van der Waals surface area contributed by atoms with Gasteiger partial charge in [0, 0.05) is 68.1 Å². The van der Waals surface area contributed by atoms with Crippen molar-refractivity contribution in [3.05, 3.63) is 84.6 Å². The number of hydrogen-bond donors (Lipinski definition) is 2. The summed E-state index contributed by atoms with van der Waals surface area (Å²) in [5.41, 5.74) is 2.38. The number of rotatable bonds is 7. The number of benzene rings is 1. The second-order valence-electron chi connectivity index (χ2n) is 8.28. The second-order valence-corrected chi connectivity index (χ2v) is 8.28. The highest BCUT2D eigenvalue weighted by molar-refractivity contribution is 6.04. The molecule has 0 aliphatic carbocycles. The summed E-state index contributed by atoms with van der Waals surface area (Å²) >= 11 is 0. The van der Waals surface area contributed by atoms with Crippen LogP contribution in [0.5, 0.6) is 0 Å². The third kappa shape index (κ3) is 5.54. The van der Waals surface area contributed by atoms with Crippen LogP contribution < -0.4 is 20.4 Å². The van der Waals surface area contributed by atoms with E-state index in [1.807, 2.05) is 61.8 Å². The monoisotopic (exact) mass is 481 g/mol. The maximum atomic E-state index is 12.7. The van der Waals surface area contributed by atoms with Crippen molar-refractivity contribution in [2.45, 2.75) is 13.3 Å². The van der Waals surface area contributed by atoms with E-state index in [-0.39, 0.29) is 5.91 Å². The maximum absolute atomic E-state index is 12.7. The zero-order valence-electron chi connectivity index (χ0n) is 20.0. The van der Waals surface area contributed by atoms with E-state index >= 15 is 0 Å². The van der Waals surface area contributed by atoms with Crippen molar-refractivity contribution in [3.8, 4) is 0 Å². The molecular weight excluding hydrogens is 454 g/mol. The molecule has 0 unspecified atom stereocenters. The Morgan fingerprint density at radius 1 is 0.889 bits per heavy atom. The number of aryl methyl sites for hydroxylation is 1. The molecule has 1 aliphatic heterocycles. The largest absolute Gasteiger partial charge is 0.368 e. The zero-order chi connectivity index (χ0) is 24.7. The number of carbonyl (C=O) groups excluding carboxylic acids is 1. The van der Waals surface area contributed by atoms with Crippen LogP contribution in [0, 0.1) is 0 Å². The number of aromatic nitrogens is 5. The number of carbonyl (C=O) groups is 1. The van der Waals surface area contributed by atoms with E-state index in [9.17, 15) is 4.79 Å². The van der Waals surface area contributed by atoms with Crippen molar-refractivity contribution in [3.63, 3.8) is 0 Å². The minimum absolute atomic E-state index is 0.218. The minimum Gasteiger partial charge on any atom is -0.368 e. The summed E-state index contributed by atoms with van der Waals surface area (Å²) in [6, 6.07) is 16.7. The van der Waals surface area contributed by atoms with Gasteiger partial charge in [-0.25, -0.2) is 4.98 Å². The topological polar surface area (TPSA) is 112 Å². The zero-order valence-corrected chi connectivity index (χ0v) is 20.0.